The number of amides is 1. The second-order valence-electron chi connectivity index (χ2n) is 6.30. The van der Waals surface area contributed by atoms with Crippen molar-refractivity contribution in [1.82, 2.24) is 20.2 Å². The molecule has 0 aliphatic carbocycles. The van der Waals surface area contributed by atoms with Crippen molar-refractivity contribution in [2.75, 3.05) is 18.6 Å². The quantitative estimate of drug-likeness (QED) is 0.630. The van der Waals surface area contributed by atoms with Gasteiger partial charge < -0.3 is 9.64 Å². The van der Waals surface area contributed by atoms with Gasteiger partial charge >= 0.3 is 6.18 Å². The van der Waals surface area contributed by atoms with Crippen LogP contribution in [-0.4, -0.2) is 45.9 Å². The second-order valence-corrected chi connectivity index (χ2v) is 6.30. The number of alkyl halides is 3. The van der Waals surface area contributed by atoms with Crippen LogP contribution in [0.2, 0.25) is 0 Å². The molecule has 152 valence electrons. The highest BCUT2D eigenvalue weighted by Gasteiger charge is 2.34. The van der Waals surface area contributed by atoms with Crippen molar-refractivity contribution < 1.29 is 22.7 Å². The molecular weight excluding hydrogens is 387 g/mol. The molecule has 0 spiro atoms. The number of hydrogen-bond donors (Lipinski definition) is 0. The highest BCUT2D eigenvalue weighted by Crippen LogP contribution is 2.24. The normalized spacial score (nSPS) is 11.3. The average molecular weight is 405 g/mol. The van der Waals surface area contributed by atoms with Crippen LogP contribution in [0, 0.1) is 6.92 Å². The van der Waals surface area contributed by atoms with Crippen molar-refractivity contribution in [2.24, 2.45) is 0 Å². The lowest BCUT2D eigenvalue weighted by Gasteiger charge is -2.24. The number of ether oxygens (including phenoxy) is 1. The van der Waals surface area contributed by atoms with E-state index in [1.807, 2.05) is 19.1 Å². The summed E-state index contributed by atoms with van der Waals surface area (Å²) in [4.78, 5) is 14.2. The van der Waals surface area contributed by atoms with Crippen LogP contribution >= 0.6 is 0 Å². The third-order valence-corrected chi connectivity index (χ3v) is 4.06. The van der Waals surface area contributed by atoms with Gasteiger partial charge in [0.1, 0.15) is 18.8 Å². The fourth-order valence-electron chi connectivity index (χ4n) is 2.60. The highest BCUT2D eigenvalue weighted by atomic mass is 19.4. The van der Waals surface area contributed by atoms with Gasteiger partial charge in [0.2, 0.25) is 5.82 Å². The Morgan fingerprint density at radius 1 is 1.10 bits per heavy atom. The Labute approximate surface area is 164 Å². The Balaban J connectivity index is 1.80. The molecule has 1 heterocycles. The number of anilines is 1. The number of hydrogen-bond acceptors (Lipinski definition) is 5. The van der Waals surface area contributed by atoms with Gasteiger partial charge in [-0.1, -0.05) is 29.8 Å². The summed E-state index contributed by atoms with van der Waals surface area (Å²) in [5.74, 6) is -0.0705. The Morgan fingerprint density at radius 3 is 2.34 bits per heavy atom. The van der Waals surface area contributed by atoms with E-state index in [-0.39, 0.29) is 11.5 Å². The van der Waals surface area contributed by atoms with Gasteiger partial charge in [-0.2, -0.15) is 18.0 Å². The standard InChI is InChI=1S/C19H18F3N5O2/c1-13-3-5-14(6-4-13)18-23-25-27(24-18)11-17(28)26(12-19(20,21)22)15-7-9-16(29-2)10-8-15/h3-10H,11-12H2,1-2H3. The van der Waals surface area contributed by atoms with Crippen LogP contribution in [0.4, 0.5) is 18.9 Å². The molecule has 29 heavy (non-hydrogen) atoms. The van der Waals surface area contributed by atoms with Gasteiger partial charge in [0.05, 0.1) is 7.11 Å². The predicted molar refractivity (Wildman–Crippen MR) is 99.4 cm³/mol. The van der Waals surface area contributed by atoms with E-state index in [1.165, 1.54) is 31.4 Å². The van der Waals surface area contributed by atoms with Crippen LogP contribution in [0.5, 0.6) is 5.75 Å². The average Bonchev–Trinajstić information content (AvgIpc) is 3.14. The first-order chi connectivity index (χ1) is 13.7. The molecule has 0 bridgehead atoms. The van der Waals surface area contributed by atoms with E-state index in [9.17, 15) is 18.0 Å². The number of aryl methyl sites for hydroxylation is 1. The molecule has 2 aromatic carbocycles. The third-order valence-electron chi connectivity index (χ3n) is 4.06. The molecule has 7 nitrogen and oxygen atoms in total. The summed E-state index contributed by atoms with van der Waals surface area (Å²) in [5.41, 5.74) is 1.84. The molecule has 0 aliphatic heterocycles. The molecular formula is C19H18F3N5O2. The van der Waals surface area contributed by atoms with E-state index in [0.717, 1.165) is 10.4 Å². The van der Waals surface area contributed by atoms with Crippen molar-refractivity contribution in [2.45, 2.75) is 19.6 Å². The lowest BCUT2D eigenvalue weighted by molar-refractivity contribution is -0.133. The summed E-state index contributed by atoms with van der Waals surface area (Å²) in [5, 5.41) is 11.7. The molecule has 0 saturated carbocycles. The zero-order valence-electron chi connectivity index (χ0n) is 15.7. The Bertz CT molecular complexity index is 969. The van der Waals surface area contributed by atoms with Gasteiger partial charge in [-0.15, -0.1) is 10.2 Å². The minimum absolute atomic E-state index is 0.0898. The number of carbonyl (C=O) groups is 1. The third kappa shape index (κ3) is 5.31. The highest BCUT2D eigenvalue weighted by molar-refractivity contribution is 5.93. The van der Waals surface area contributed by atoms with Gasteiger partial charge in [-0.3, -0.25) is 4.79 Å². The van der Waals surface area contributed by atoms with E-state index in [2.05, 4.69) is 15.4 Å². The minimum atomic E-state index is -4.57. The molecule has 0 atom stereocenters. The molecule has 0 fully saturated rings. The fourth-order valence-corrected chi connectivity index (χ4v) is 2.60. The van der Waals surface area contributed by atoms with Gasteiger partial charge in [0.25, 0.3) is 5.91 Å². The molecule has 0 unspecified atom stereocenters. The van der Waals surface area contributed by atoms with Crippen LogP contribution in [0.1, 0.15) is 5.56 Å². The topological polar surface area (TPSA) is 73.1 Å². The van der Waals surface area contributed by atoms with Crippen LogP contribution in [-0.2, 0) is 11.3 Å². The number of aromatic nitrogens is 4. The fraction of sp³-hybridized carbons (Fsp3) is 0.263. The lowest BCUT2D eigenvalue weighted by Crippen LogP contribution is -2.41. The van der Waals surface area contributed by atoms with Crippen molar-refractivity contribution >= 4 is 11.6 Å². The minimum Gasteiger partial charge on any atom is -0.497 e. The number of tetrazole rings is 1. The molecule has 0 N–H and O–H groups in total. The monoisotopic (exact) mass is 405 g/mol. The Morgan fingerprint density at radius 2 is 1.76 bits per heavy atom. The summed E-state index contributed by atoms with van der Waals surface area (Å²) in [6.07, 6.45) is -4.57. The number of methoxy groups -OCH3 is 1. The maximum Gasteiger partial charge on any atom is 0.406 e. The van der Waals surface area contributed by atoms with Gasteiger partial charge in [-0.05, 0) is 36.4 Å². The van der Waals surface area contributed by atoms with Gasteiger partial charge in [0, 0.05) is 11.3 Å². The summed E-state index contributed by atoms with van der Waals surface area (Å²) in [6.45, 7) is 0.0137. The molecule has 0 radical (unpaired) electrons. The molecule has 3 aromatic rings. The van der Waals surface area contributed by atoms with E-state index >= 15 is 0 Å². The number of benzene rings is 2. The summed E-state index contributed by atoms with van der Waals surface area (Å²) in [6, 6.07) is 13.1. The maximum atomic E-state index is 13.0. The SMILES string of the molecule is COc1ccc(N(CC(F)(F)F)C(=O)Cn2nnc(-c3ccc(C)cc3)n2)cc1. The molecule has 0 saturated heterocycles. The van der Waals surface area contributed by atoms with E-state index < -0.39 is 25.2 Å². The maximum absolute atomic E-state index is 13.0. The molecule has 10 heteroatoms. The van der Waals surface area contributed by atoms with Crippen LogP contribution < -0.4 is 9.64 Å². The molecule has 1 aromatic heterocycles. The first-order valence-corrected chi connectivity index (χ1v) is 8.61. The smallest absolute Gasteiger partial charge is 0.406 e. The first-order valence-electron chi connectivity index (χ1n) is 8.61. The zero-order valence-corrected chi connectivity index (χ0v) is 15.7. The summed E-state index contributed by atoms with van der Waals surface area (Å²) >= 11 is 0. The second kappa shape index (κ2) is 8.29. The molecule has 3 rings (SSSR count). The van der Waals surface area contributed by atoms with Crippen LogP contribution in [0.15, 0.2) is 48.5 Å². The van der Waals surface area contributed by atoms with E-state index in [4.69, 9.17) is 4.74 Å². The molecule has 1 amide bonds. The van der Waals surface area contributed by atoms with Crippen molar-refractivity contribution in [3.8, 4) is 17.1 Å². The Kier molecular flexibility index (Phi) is 5.81. The zero-order chi connectivity index (χ0) is 21.0. The summed E-state index contributed by atoms with van der Waals surface area (Å²) in [7, 11) is 1.44. The number of halogens is 3. The largest absolute Gasteiger partial charge is 0.497 e. The van der Waals surface area contributed by atoms with Crippen LogP contribution in [0.25, 0.3) is 11.4 Å². The predicted octanol–water partition coefficient (Wildman–Crippen LogP) is 3.25. The number of nitrogens with zero attached hydrogens (tertiary/aromatic N) is 5. The van der Waals surface area contributed by atoms with Crippen LogP contribution in [0.3, 0.4) is 0 Å². The Hall–Kier alpha value is -3.43. The molecule has 0 aliphatic rings. The summed E-state index contributed by atoms with van der Waals surface area (Å²) < 4.78 is 44.1. The van der Waals surface area contributed by atoms with Crippen molar-refractivity contribution in [1.29, 1.82) is 0 Å². The van der Waals surface area contributed by atoms with Crippen molar-refractivity contribution in [3.63, 3.8) is 0 Å². The first kappa shape index (κ1) is 20.3. The van der Waals surface area contributed by atoms with Gasteiger partial charge in [-0.25, -0.2) is 0 Å². The van der Waals surface area contributed by atoms with E-state index in [0.29, 0.717) is 16.2 Å². The van der Waals surface area contributed by atoms with Gasteiger partial charge in [0.15, 0.2) is 0 Å². The lowest BCUT2D eigenvalue weighted by atomic mass is 10.1. The number of carbonyl (C=O) groups excluding carboxylic acids is 1. The van der Waals surface area contributed by atoms with E-state index in [1.54, 1.807) is 12.1 Å². The van der Waals surface area contributed by atoms with Crippen molar-refractivity contribution in [3.05, 3.63) is 54.1 Å². The number of rotatable bonds is 6.